The molecule has 0 amide bonds. The first-order valence-corrected chi connectivity index (χ1v) is 7.49. The third-order valence-corrected chi connectivity index (χ3v) is 4.85. The van der Waals surface area contributed by atoms with Crippen LogP contribution >= 0.6 is 11.8 Å². The van der Waals surface area contributed by atoms with Crippen LogP contribution in [0.3, 0.4) is 0 Å². The minimum absolute atomic E-state index is 0.443. The average molecular weight is 271 g/mol. The maximum Gasteiger partial charge on any atom is 0.0497 e. The Hall–Kier alpha value is -1.25. The Labute approximate surface area is 120 Å². The van der Waals surface area contributed by atoms with Gasteiger partial charge in [-0.05, 0) is 38.7 Å². The smallest absolute Gasteiger partial charge is 0.0497 e. The molecule has 0 heterocycles. The third kappa shape index (κ3) is 3.85. The van der Waals surface area contributed by atoms with E-state index in [1.54, 1.807) is 0 Å². The van der Waals surface area contributed by atoms with Crippen molar-refractivity contribution in [1.82, 2.24) is 4.90 Å². The van der Waals surface area contributed by atoms with E-state index in [9.17, 15) is 0 Å². The van der Waals surface area contributed by atoms with Gasteiger partial charge in [0.15, 0.2) is 0 Å². The van der Waals surface area contributed by atoms with Gasteiger partial charge < -0.3 is 4.90 Å². The SMILES string of the molecule is C[C@@H]([C@@H](Sc1ccccc1)c1ccccc1)N(C)C. The van der Waals surface area contributed by atoms with Crippen LogP contribution in [-0.2, 0) is 0 Å². The molecule has 1 nitrogen and oxygen atoms in total. The summed E-state index contributed by atoms with van der Waals surface area (Å²) in [5.41, 5.74) is 1.39. The van der Waals surface area contributed by atoms with Gasteiger partial charge in [0, 0.05) is 16.2 Å². The van der Waals surface area contributed by atoms with Crippen LogP contribution in [0.4, 0.5) is 0 Å². The van der Waals surface area contributed by atoms with E-state index in [0.717, 1.165) is 0 Å². The van der Waals surface area contributed by atoms with E-state index < -0.39 is 0 Å². The molecule has 0 aromatic heterocycles. The van der Waals surface area contributed by atoms with Crippen LogP contribution in [0.1, 0.15) is 17.7 Å². The largest absolute Gasteiger partial charge is 0.305 e. The Bertz CT molecular complexity index is 481. The summed E-state index contributed by atoms with van der Waals surface area (Å²) in [5, 5.41) is 0.443. The molecule has 2 aromatic rings. The molecule has 0 spiro atoms. The monoisotopic (exact) mass is 271 g/mol. The molecule has 0 aliphatic carbocycles. The van der Waals surface area contributed by atoms with Crippen molar-refractivity contribution in [1.29, 1.82) is 0 Å². The van der Waals surface area contributed by atoms with Crippen molar-refractivity contribution in [3.63, 3.8) is 0 Å². The summed E-state index contributed by atoms with van der Waals surface area (Å²) in [7, 11) is 4.29. The van der Waals surface area contributed by atoms with E-state index in [4.69, 9.17) is 0 Å². The zero-order chi connectivity index (χ0) is 13.7. The molecule has 0 saturated heterocycles. The fourth-order valence-corrected chi connectivity index (χ4v) is 3.35. The summed E-state index contributed by atoms with van der Waals surface area (Å²) < 4.78 is 0. The van der Waals surface area contributed by atoms with Gasteiger partial charge in [-0.1, -0.05) is 48.5 Å². The molecule has 100 valence electrons. The van der Waals surface area contributed by atoms with E-state index in [0.29, 0.717) is 11.3 Å². The molecule has 0 aliphatic heterocycles. The van der Waals surface area contributed by atoms with Crippen LogP contribution in [0.2, 0.25) is 0 Å². The van der Waals surface area contributed by atoms with Gasteiger partial charge in [0.2, 0.25) is 0 Å². The van der Waals surface area contributed by atoms with Gasteiger partial charge in [0.1, 0.15) is 0 Å². The second-order valence-corrected chi connectivity index (χ2v) is 6.18. The lowest BCUT2D eigenvalue weighted by Gasteiger charge is -2.29. The molecule has 2 rings (SSSR count). The topological polar surface area (TPSA) is 3.24 Å². The fourth-order valence-electron chi connectivity index (χ4n) is 2.00. The minimum atomic E-state index is 0.443. The van der Waals surface area contributed by atoms with Crippen molar-refractivity contribution in [2.45, 2.75) is 23.1 Å². The summed E-state index contributed by atoms with van der Waals surface area (Å²) >= 11 is 1.94. The highest BCUT2D eigenvalue weighted by atomic mass is 32.2. The number of hydrogen-bond donors (Lipinski definition) is 0. The summed E-state index contributed by atoms with van der Waals surface area (Å²) in [6.45, 7) is 2.29. The Balaban J connectivity index is 2.25. The van der Waals surface area contributed by atoms with Crippen LogP contribution < -0.4 is 0 Å². The van der Waals surface area contributed by atoms with Crippen molar-refractivity contribution < 1.29 is 0 Å². The van der Waals surface area contributed by atoms with Crippen molar-refractivity contribution in [3.05, 3.63) is 66.2 Å². The highest BCUT2D eigenvalue weighted by Gasteiger charge is 2.21. The maximum absolute atomic E-state index is 2.29. The Kier molecular flexibility index (Phi) is 5.06. The first kappa shape index (κ1) is 14.2. The lowest BCUT2D eigenvalue weighted by atomic mass is 10.1. The molecule has 0 N–H and O–H groups in total. The molecular formula is C17H21NS. The molecule has 2 aromatic carbocycles. The molecule has 0 aliphatic rings. The molecule has 0 radical (unpaired) electrons. The zero-order valence-corrected chi connectivity index (χ0v) is 12.6. The van der Waals surface area contributed by atoms with Gasteiger partial charge >= 0.3 is 0 Å². The van der Waals surface area contributed by atoms with Gasteiger partial charge in [-0.2, -0.15) is 0 Å². The van der Waals surface area contributed by atoms with Crippen LogP contribution in [-0.4, -0.2) is 25.0 Å². The van der Waals surface area contributed by atoms with Crippen molar-refractivity contribution in [2.24, 2.45) is 0 Å². The van der Waals surface area contributed by atoms with Gasteiger partial charge in [-0.3, -0.25) is 0 Å². The van der Waals surface area contributed by atoms with Crippen LogP contribution in [0.15, 0.2) is 65.6 Å². The summed E-state index contributed by atoms with van der Waals surface area (Å²) in [6, 6.07) is 21.9. The highest BCUT2D eigenvalue weighted by molar-refractivity contribution is 7.99. The maximum atomic E-state index is 2.29. The van der Waals surface area contributed by atoms with E-state index in [1.807, 2.05) is 11.8 Å². The van der Waals surface area contributed by atoms with Gasteiger partial charge in [-0.15, -0.1) is 11.8 Å². The molecule has 19 heavy (non-hydrogen) atoms. The van der Waals surface area contributed by atoms with Crippen LogP contribution in [0.5, 0.6) is 0 Å². The Morgan fingerprint density at radius 3 is 1.89 bits per heavy atom. The quantitative estimate of drug-likeness (QED) is 0.738. The highest BCUT2D eigenvalue weighted by Crippen LogP contribution is 2.38. The zero-order valence-electron chi connectivity index (χ0n) is 11.8. The molecule has 0 saturated carbocycles. The average Bonchev–Trinajstić information content (AvgIpc) is 2.46. The summed E-state index contributed by atoms with van der Waals surface area (Å²) in [5.74, 6) is 0. The minimum Gasteiger partial charge on any atom is -0.305 e. The normalized spacial score (nSPS) is 14.3. The van der Waals surface area contributed by atoms with Crippen molar-refractivity contribution in [3.8, 4) is 0 Å². The van der Waals surface area contributed by atoms with E-state index >= 15 is 0 Å². The van der Waals surface area contributed by atoms with Gasteiger partial charge in [-0.25, -0.2) is 0 Å². The summed E-state index contributed by atoms with van der Waals surface area (Å²) in [4.78, 5) is 3.61. The number of rotatable bonds is 5. The van der Waals surface area contributed by atoms with Crippen molar-refractivity contribution >= 4 is 11.8 Å². The van der Waals surface area contributed by atoms with E-state index in [2.05, 4.69) is 86.6 Å². The molecule has 2 heteroatoms. The predicted octanol–water partition coefficient (Wildman–Crippen LogP) is 4.47. The number of thioether (sulfide) groups is 1. The first-order valence-electron chi connectivity index (χ1n) is 6.61. The predicted molar refractivity (Wildman–Crippen MR) is 84.6 cm³/mol. The second-order valence-electron chi connectivity index (χ2n) is 4.97. The molecule has 0 fully saturated rings. The lowest BCUT2D eigenvalue weighted by Crippen LogP contribution is -2.29. The van der Waals surface area contributed by atoms with E-state index in [1.165, 1.54) is 10.5 Å². The first-order chi connectivity index (χ1) is 9.18. The number of benzene rings is 2. The molecule has 0 unspecified atom stereocenters. The molecule has 0 bridgehead atoms. The van der Waals surface area contributed by atoms with Crippen molar-refractivity contribution in [2.75, 3.05) is 14.1 Å². The Morgan fingerprint density at radius 1 is 0.842 bits per heavy atom. The second kappa shape index (κ2) is 6.78. The summed E-state index contributed by atoms with van der Waals surface area (Å²) in [6.07, 6.45) is 0. The van der Waals surface area contributed by atoms with Crippen LogP contribution in [0.25, 0.3) is 0 Å². The standard InChI is InChI=1S/C17H21NS/c1-14(18(2)3)17(15-10-6-4-7-11-15)19-16-12-8-5-9-13-16/h4-14,17H,1-3H3/t14-,17+/m0/s1. The number of likely N-dealkylation sites (N-methyl/N-ethyl adjacent to an activating group) is 1. The Morgan fingerprint density at radius 2 is 1.37 bits per heavy atom. The van der Waals surface area contributed by atoms with E-state index in [-0.39, 0.29) is 0 Å². The molecule has 2 atom stereocenters. The fraction of sp³-hybridized carbons (Fsp3) is 0.294. The lowest BCUT2D eigenvalue weighted by molar-refractivity contribution is 0.308. The molecular weight excluding hydrogens is 250 g/mol. The van der Waals surface area contributed by atoms with Gasteiger partial charge in [0.05, 0.1) is 0 Å². The third-order valence-electron chi connectivity index (χ3n) is 3.39. The number of hydrogen-bond acceptors (Lipinski definition) is 2. The number of nitrogens with zero attached hydrogens (tertiary/aromatic N) is 1. The van der Waals surface area contributed by atoms with Crippen LogP contribution in [0, 0.1) is 0 Å². The van der Waals surface area contributed by atoms with Gasteiger partial charge in [0.25, 0.3) is 0 Å².